The van der Waals surface area contributed by atoms with Crippen molar-refractivity contribution in [2.24, 2.45) is 0 Å². The molecule has 1 N–H and O–H groups in total. The fraction of sp³-hybridized carbons (Fsp3) is 0.625. The lowest BCUT2D eigenvalue weighted by Gasteiger charge is -2.34. The molecule has 1 aromatic carbocycles. The fourth-order valence-corrected chi connectivity index (χ4v) is 2.27. The van der Waals surface area contributed by atoms with E-state index in [1.165, 1.54) is 5.56 Å². The van der Waals surface area contributed by atoms with Crippen molar-refractivity contribution >= 4 is 0 Å². The summed E-state index contributed by atoms with van der Waals surface area (Å²) in [5, 5.41) is 10.3. The summed E-state index contributed by atoms with van der Waals surface area (Å²) in [6.07, 6.45) is -0.254. The molecule has 3 heteroatoms. The molecular weight excluding hydrogens is 240 g/mol. The van der Waals surface area contributed by atoms with Gasteiger partial charge < -0.3 is 14.6 Å². The topological polar surface area (TPSA) is 38.7 Å². The summed E-state index contributed by atoms with van der Waals surface area (Å²) < 4.78 is 11.1. The van der Waals surface area contributed by atoms with E-state index in [9.17, 15) is 5.11 Å². The zero-order valence-electron chi connectivity index (χ0n) is 12.4. The van der Waals surface area contributed by atoms with Crippen molar-refractivity contribution in [1.29, 1.82) is 0 Å². The van der Waals surface area contributed by atoms with Gasteiger partial charge in [0.05, 0.1) is 24.9 Å². The minimum atomic E-state index is -0.887. The second-order valence-corrected chi connectivity index (χ2v) is 5.34. The van der Waals surface area contributed by atoms with Crippen LogP contribution in [-0.2, 0) is 9.47 Å². The van der Waals surface area contributed by atoms with Gasteiger partial charge in [-0.1, -0.05) is 37.3 Å². The molecule has 0 radical (unpaired) electrons. The minimum Gasteiger partial charge on any atom is -0.388 e. The third-order valence-corrected chi connectivity index (χ3v) is 3.20. The molecule has 0 aliphatic carbocycles. The summed E-state index contributed by atoms with van der Waals surface area (Å²) in [6.45, 7) is 9.36. The molecule has 0 spiro atoms. The van der Waals surface area contributed by atoms with Crippen LogP contribution in [0.1, 0.15) is 39.2 Å². The Labute approximate surface area is 116 Å². The Bertz CT molecular complexity index is 343. The van der Waals surface area contributed by atoms with Crippen LogP contribution in [-0.4, -0.2) is 36.6 Å². The predicted molar refractivity (Wildman–Crippen MR) is 77.4 cm³/mol. The summed E-state index contributed by atoms with van der Waals surface area (Å²) >= 11 is 0. The summed E-state index contributed by atoms with van der Waals surface area (Å²) in [5.41, 5.74) is 0.285. The first kappa shape index (κ1) is 16.2. The zero-order chi connectivity index (χ0) is 14.3. The first-order valence-electron chi connectivity index (χ1n) is 6.93. The van der Waals surface area contributed by atoms with Crippen LogP contribution in [0.3, 0.4) is 0 Å². The molecule has 108 valence electrons. The van der Waals surface area contributed by atoms with Crippen molar-refractivity contribution in [3.63, 3.8) is 0 Å². The van der Waals surface area contributed by atoms with Crippen molar-refractivity contribution in [1.82, 2.24) is 0 Å². The minimum absolute atomic E-state index is 0.128. The Hall–Kier alpha value is -0.900. The normalized spacial score (nSPS) is 15.2. The third-order valence-electron chi connectivity index (χ3n) is 3.20. The van der Waals surface area contributed by atoms with E-state index in [-0.39, 0.29) is 12.0 Å². The van der Waals surface area contributed by atoms with Gasteiger partial charge in [-0.05, 0) is 26.3 Å². The summed E-state index contributed by atoms with van der Waals surface area (Å²) in [5.74, 6) is 0.128. The molecule has 0 bridgehead atoms. The summed E-state index contributed by atoms with van der Waals surface area (Å²) in [7, 11) is 0. The van der Waals surface area contributed by atoms with Crippen LogP contribution >= 0.6 is 0 Å². The second-order valence-electron chi connectivity index (χ2n) is 5.34. The Balaban J connectivity index is 2.69. The van der Waals surface area contributed by atoms with E-state index in [4.69, 9.17) is 9.47 Å². The van der Waals surface area contributed by atoms with Crippen LogP contribution in [0.2, 0.25) is 0 Å². The first-order chi connectivity index (χ1) is 8.96. The molecule has 0 aliphatic heterocycles. The SMILES string of the molecule is CCOCCOC(C(C)c1ccccc1)C(C)(C)O. The van der Waals surface area contributed by atoms with Crippen LogP contribution in [0.5, 0.6) is 0 Å². The van der Waals surface area contributed by atoms with E-state index in [0.29, 0.717) is 19.8 Å². The maximum atomic E-state index is 10.3. The van der Waals surface area contributed by atoms with Gasteiger partial charge in [-0.2, -0.15) is 0 Å². The monoisotopic (exact) mass is 266 g/mol. The lowest BCUT2D eigenvalue weighted by Crippen LogP contribution is -2.42. The molecule has 0 aliphatic rings. The summed E-state index contributed by atoms with van der Waals surface area (Å²) in [6, 6.07) is 10.1. The molecule has 3 nitrogen and oxygen atoms in total. The molecule has 1 rings (SSSR count). The van der Waals surface area contributed by atoms with Crippen LogP contribution in [0, 0.1) is 0 Å². The quantitative estimate of drug-likeness (QED) is 0.735. The van der Waals surface area contributed by atoms with E-state index in [2.05, 4.69) is 19.1 Å². The molecule has 0 saturated carbocycles. The highest BCUT2D eigenvalue weighted by Gasteiger charge is 2.33. The molecule has 2 unspecified atom stereocenters. The Morgan fingerprint density at radius 3 is 2.32 bits per heavy atom. The lowest BCUT2D eigenvalue weighted by atomic mass is 9.86. The maximum Gasteiger partial charge on any atom is 0.0923 e. The lowest BCUT2D eigenvalue weighted by molar-refractivity contribution is -0.108. The van der Waals surface area contributed by atoms with E-state index in [0.717, 1.165) is 0 Å². The highest BCUT2D eigenvalue weighted by atomic mass is 16.5. The van der Waals surface area contributed by atoms with Gasteiger partial charge >= 0.3 is 0 Å². The van der Waals surface area contributed by atoms with E-state index >= 15 is 0 Å². The van der Waals surface area contributed by atoms with Crippen LogP contribution < -0.4 is 0 Å². The second kappa shape index (κ2) is 7.63. The molecular formula is C16H26O3. The average Bonchev–Trinajstić information content (AvgIpc) is 2.37. The fourth-order valence-electron chi connectivity index (χ4n) is 2.27. The first-order valence-corrected chi connectivity index (χ1v) is 6.93. The molecule has 0 saturated heterocycles. The number of hydrogen-bond donors (Lipinski definition) is 1. The largest absolute Gasteiger partial charge is 0.388 e. The van der Waals surface area contributed by atoms with Gasteiger partial charge in [-0.3, -0.25) is 0 Å². The molecule has 2 atom stereocenters. The van der Waals surface area contributed by atoms with Crippen LogP contribution in [0.25, 0.3) is 0 Å². The highest BCUT2D eigenvalue weighted by Crippen LogP contribution is 2.28. The van der Waals surface area contributed by atoms with Gasteiger partial charge in [-0.15, -0.1) is 0 Å². The van der Waals surface area contributed by atoms with E-state index < -0.39 is 5.60 Å². The zero-order valence-corrected chi connectivity index (χ0v) is 12.4. The van der Waals surface area contributed by atoms with Crippen LogP contribution in [0.15, 0.2) is 30.3 Å². The van der Waals surface area contributed by atoms with E-state index in [1.807, 2.05) is 25.1 Å². The van der Waals surface area contributed by atoms with Crippen molar-refractivity contribution in [3.05, 3.63) is 35.9 Å². The van der Waals surface area contributed by atoms with Gasteiger partial charge in [0, 0.05) is 12.5 Å². The van der Waals surface area contributed by atoms with Crippen molar-refractivity contribution in [2.45, 2.75) is 45.3 Å². The number of aliphatic hydroxyl groups is 1. The van der Waals surface area contributed by atoms with Gasteiger partial charge in [0.25, 0.3) is 0 Å². The smallest absolute Gasteiger partial charge is 0.0923 e. The van der Waals surface area contributed by atoms with Crippen molar-refractivity contribution < 1.29 is 14.6 Å². The third kappa shape index (κ3) is 5.31. The molecule has 0 fully saturated rings. The maximum absolute atomic E-state index is 10.3. The Morgan fingerprint density at radius 2 is 1.79 bits per heavy atom. The van der Waals surface area contributed by atoms with Gasteiger partial charge in [0.2, 0.25) is 0 Å². The summed E-state index contributed by atoms with van der Waals surface area (Å²) in [4.78, 5) is 0. The average molecular weight is 266 g/mol. The van der Waals surface area contributed by atoms with Crippen molar-refractivity contribution in [2.75, 3.05) is 19.8 Å². The molecule has 0 amide bonds. The van der Waals surface area contributed by atoms with Crippen LogP contribution in [0.4, 0.5) is 0 Å². The standard InChI is InChI=1S/C16H26O3/c1-5-18-11-12-19-15(16(3,4)17)13(2)14-9-7-6-8-10-14/h6-10,13,15,17H,5,11-12H2,1-4H3. The van der Waals surface area contributed by atoms with Crippen molar-refractivity contribution in [3.8, 4) is 0 Å². The predicted octanol–water partition coefficient (Wildman–Crippen LogP) is 2.98. The molecule has 0 heterocycles. The number of benzene rings is 1. The van der Waals surface area contributed by atoms with E-state index in [1.54, 1.807) is 13.8 Å². The number of rotatable bonds is 8. The van der Waals surface area contributed by atoms with Gasteiger partial charge in [0.15, 0.2) is 0 Å². The molecule has 1 aromatic rings. The molecule has 0 aromatic heterocycles. The number of ether oxygens (including phenoxy) is 2. The van der Waals surface area contributed by atoms with Gasteiger partial charge in [0.1, 0.15) is 0 Å². The molecule has 19 heavy (non-hydrogen) atoms. The van der Waals surface area contributed by atoms with Gasteiger partial charge in [-0.25, -0.2) is 0 Å². The number of hydrogen-bond acceptors (Lipinski definition) is 3. The Kier molecular flexibility index (Phi) is 6.49. The Morgan fingerprint density at radius 1 is 1.16 bits per heavy atom. The highest BCUT2D eigenvalue weighted by molar-refractivity contribution is 5.21.